The molecule has 6 nitrogen and oxygen atoms in total. The number of hydrogen-bond acceptors (Lipinski definition) is 3. The van der Waals surface area contributed by atoms with E-state index in [4.69, 9.17) is 5.73 Å². The molecular weight excluding hydrogens is 280 g/mol. The number of benzene rings is 1. The molecule has 5 N–H and O–H groups in total. The van der Waals surface area contributed by atoms with Crippen molar-refractivity contribution < 1.29 is 4.79 Å². The zero-order valence-corrected chi connectivity index (χ0v) is 12.5. The van der Waals surface area contributed by atoms with Gasteiger partial charge in [0.1, 0.15) is 0 Å². The first-order valence-electron chi connectivity index (χ1n) is 7.86. The second-order valence-electron chi connectivity index (χ2n) is 6.06. The molecule has 0 bridgehead atoms. The number of aromatic nitrogens is 2. The van der Waals surface area contributed by atoms with Gasteiger partial charge in [0.05, 0.1) is 11.0 Å². The van der Waals surface area contributed by atoms with Crippen LogP contribution in [0.4, 0.5) is 0 Å². The predicted octanol–water partition coefficient (Wildman–Crippen LogP) is 1.03. The summed E-state index contributed by atoms with van der Waals surface area (Å²) in [7, 11) is 0. The fraction of sp³-hybridized carbons (Fsp3) is 0.500. The molecule has 0 radical (unpaired) electrons. The van der Waals surface area contributed by atoms with Crippen molar-refractivity contribution in [3.63, 3.8) is 0 Å². The van der Waals surface area contributed by atoms with Crippen LogP contribution < -0.4 is 16.7 Å². The number of carbonyl (C=O) groups excluding carboxylic acids is 1. The van der Waals surface area contributed by atoms with E-state index in [2.05, 4.69) is 15.3 Å². The maximum Gasteiger partial charge on any atom is 0.323 e. The van der Waals surface area contributed by atoms with Gasteiger partial charge in [-0.1, -0.05) is 6.07 Å². The maximum atomic E-state index is 11.9. The molecule has 1 saturated carbocycles. The minimum Gasteiger partial charge on any atom is -0.352 e. The van der Waals surface area contributed by atoms with Crippen molar-refractivity contribution in [2.75, 3.05) is 6.54 Å². The Labute approximate surface area is 128 Å². The summed E-state index contributed by atoms with van der Waals surface area (Å²) >= 11 is 0. The Kier molecular flexibility index (Phi) is 4.29. The van der Waals surface area contributed by atoms with Crippen LogP contribution in [0.3, 0.4) is 0 Å². The van der Waals surface area contributed by atoms with E-state index >= 15 is 0 Å². The lowest BCUT2D eigenvalue weighted by atomic mass is 10.1. The summed E-state index contributed by atoms with van der Waals surface area (Å²) in [5, 5.41) is 3.03. The Morgan fingerprint density at radius 3 is 2.82 bits per heavy atom. The minimum atomic E-state index is -0.195. The van der Waals surface area contributed by atoms with Gasteiger partial charge in [-0.15, -0.1) is 0 Å². The van der Waals surface area contributed by atoms with Gasteiger partial charge in [0.15, 0.2) is 0 Å². The monoisotopic (exact) mass is 302 g/mol. The van der Waals surface area contributed by atoms with Gasteiger partial charge in [-0.3, -0.25) is 4.79 Å². The lowest BCUT2D eigenvalue weighted by Crippen LogP contribution is -2.41. The first kappa shape index (κ1) is 14.8. The number of hydrogen-bond donors (Lipinski definition) is 4. The highest BCUT2D eigenvalue weighted by molar-refractivity contribution is 5.76. The standard InChI is InChI=1S/C16H22N4O2/c17-9-14(11-5-6-11)18-15(21)3-1-2-10-4-7-12-13(8-10)20-16(22)19-12/h4,7-8,11,14H,1-3,5-6,9,17H2,(H,18,21)(H2,19,20,22). The lowest BCUT2D eigenvalue weighted by Gasteiger charge is -2.15. The fourth-order valence-corrected chi connectivity index (χ4v) is 2.84. The number of carbonyl (C=O) groups is 1. The largest absolute Gasteiger partial charge is 0.352 e. The van der Waals surface area contributed by atoms with Crippen LogP contribution in [-0.2, 0) is 11.2 Å². The Hall–Kier alpha value is -2.08. The van der Waals surface area contributed by atoms with Gasteiger partial charge in [0, 0.05) is 19.0 Å². The summed E-state index contributed by atoms with van der Waals surface area (Å²) in [6.45, 7) is 0.522. The smallest absolute Gasteiger partial charge is 0.323 e. The number of aromatic amines is 2. The highest BCUT2D eigenvalue weighted by Gasteiger charge is 2.30. The van der Waals surface area contributed by atoms with Crippen molar-refractivity contribution in [2.24, 2.45) is 11.7 Å². The third kappa shape index (κ3) is 3.57. The Balaban J connectivity index is 1.48. The van der Waals surface area contributed by atoms with E-state index in [1.54, 1.807) is 0 Å². The van der Waals surface area contributed by atoms with Gasteiger partial charge in [0.25, 0.3) is 0 Å². The van der Waals surface area contributed by atoms with Gasteiger partial charge >= 0.3 is 5.69 Å². The summed E-state index contributed by atoms with van der Waals surface area (Å²) in [4.78, 5) is 28.6. The zero-order valence-electron chi connectivity index (χ0n) is 12.5. The van der Waals surface area contributed by atoms with Crippen LogP contribution in [0.15, 0.2) is 23.0 Å². The molecule has 1 atom stereocenters. The zero-order chi connectivity index (χ0) is 15.5. The van der Waals surface area contributed by atoms with Crippen LogP contribution in [0, 0.1) is 5.92 Å². The van der Waals surface area contributed by atoms with E-state index in [0.717, 1.165) is 29.4 Å². The van der Waals surface area contributed by atoms with Crippen molar-refractivity contribution in [3.8, 4) is 0 Å². The quantitative estimate of drug-likeness (QED) is 0.614. The molecule has 6 heteroatoms. The number of nitrogens with two attached hydrogens (primary N) is 1. The Morgan fingerprint density at radius 2 is 2.09 bits per heavy atom. The van der Waals surface area contributed by atoms with Crippen LogP contribution in [0.1, 0.15) is 31.2 Å². The molecule has 1 fully saturated rings. The summed E-state index contributed by atoms with van der Waals surface area (Å²) < 4.78 is 0. The molecule has 3 rings (SSSR count). The van der Waals surface area contributed by atoms with Crippen molar-refractivity contribution in [3.05, 3.63) is 34.2 Å². The molecular formula is C16H22N4O2. The first-order valence-corrected chi connectivity index (χ1v) is 7.86. The van der Waals surface area contributed by atoms with Gasteiger partial charge in [0.2, 0.25) is 5.91 Å². The van der Waals surface area contributed by atoms with Crippen molar-refractivity contribution >= 4 is 16.9 Å². The third-order valence-corrected chi connectivity index (χ3v) is 4.24. The maximum absolute atomic E-state index is 11.9. The van der Waals surface area contributed by atoms with E-state index < -0.39 is 0 Å². The van der Waals surface area contributed by atoms with Crippen LogP contribution in [0.2, 0.25) is 0 Å². The molecule has 118 valence electrons. The number of nitrogens with one attached hydrogen (secondary N) is 3. The van der Waals surface area contributed by atoms with Gasteiger partial charge in [-0.25, -0.2) is 4.79 Å². The molecule has 22 heavy (non-hydrogen) atoms. The summed E-state index contributed by atoms with van der Waals surface area (Å²) in [5.41, 5.74) is 8.23. The number of amides is 1. The van der Waals surface area contributed by atoms with E-state index in [-0.39, 0.29) is 17.6 Å². The topological polar surface area (TPSA) is 104 Å². The number of rotatable bonds is 7. The molecule has 1 aromatic carbocycles. The molecule has 0 saturated heterocycles. The van der Waals surface area contributed by atoms with Crippen molar-refractivity contribution in [1.29, 1.82) is 0 Å². The second-order valence-corrected chi connectivity index (χ2v) is 6.06. The lowest BCUT2D eigenvalue weighted by molar-refractivity contribution is -0.122. The summed E-state index contributed by atoms with van der Waals surface area (Å²) in [5.74, 6) is 0.667. The number of fused-ring (bicyclic) bond motifs is 1. The Morgan fingerprint density at radius 1 is 1.32 bits per heavy atom. The minimum absolute atomic E-state index is 0.0819. The van der Waals surface area contributed by atoms with Gasteiger partial charge in [-0.2, -0.15) is 0 Å². The average Bonchev–Trinajstić information content (AvgIpc) is 3.26. The van der Waals surface area contributed by atoms with Crippen molar-refractivity contribution in [1.82, 2.24) is 15.3 Å². The highest BCUT2D eigenvalue weighted by Crippen LogP contribution is 2.32. The molecule has 0 aliphatic heterocycles. The fourth-order valence-electron chi connectivity index (χ4n) is 2.84. The van der Waals surface area contributed by atoms with Gasteiger partial charge < -0.3 is 21.0 Å². The molecule has 0 spiro atoms. The average molecular weight is 302 g/mol. The molecule has 1 aliphatic rings. The van der Waals surface area contributed by atoms with Crippen LogP contribution in [-0.4, -0.2) is 28.5 Å². The van der Waals surface area contributed by atoms with E-state index in [0.29, 0.717) is 18.9 Å². The van der Waals surface area contributed by atoms with Crippen molar-refractivity contribution in [2.45, 2.75) is 38.1 Å². The van der Waals surface area contributed by atoms with Crippen LogP contribution >= 0.6 is 0 Å². The van der Waals surface area contributed by atoms with E-state index in [1.165, 1.54) is 12.8 Å². The summed E-state index contributed by atoms with van der Waals surface area (Å²) in [6, 6.07) is 5.98. The molecule has 1 unspecified atom stereocenters. The van der Waals surface area contributed by atoms with E-state index in [9.17, 15) is 9.59 Å². The number of aryl methyl sites for hydroxylation is 1. The molecule has 2 aromatic rings. The predicted molar refractivity (Wildman–Crippen MR) is 85.6 cm³/mol. The van der Waals surface area contributed by atoms with E-state index in [1.807, 2.05) is 18.2 Å². The van der Waals surface area contributed by atoms with Gasteiger partial charge in [-0.05, 0) is 49.3 Å². The molecule has 1 amide bonds. The third-order valence-electron chi connectivity index (χ3n) is 4.24. The molecule has 1 heterocycles. The highest BCUT2D eigenvalue weighted by atomic mass is 16.1. The number of imidazole rings is 1. The normalized spacial score (nSPS) is 15.9. The summed E-state index contributed by atoms with van der Waals surface area (Å²) in [6.07, 6.45) is 4.46. The Bertz CT molecular complexity index is 714. The van der Waals surface area contributed by atoms with Crippen LogP contribution in [0.5, 0.6) is 0 Å². The molecule has 1 aromatic heterocycles. The first-order chi connectivity index (χ1) is 10.7. The van der Waals surface area contributed by atoms with Crippen LogP contribution in [0.25, 0.3) is 11.0 Å². The second kappa shape index (κ2) is 6.36. The molecule has 1 aliphatic carbocycles. The SMILES string of the molecule is NCC(NC(=O)CCCc1ccc2[nH]c(=O)[nH]c2c1)C1CC1. The number of H-pyrrole nitrogens is 2.